The molecule has 0 aliphatic carbocycles. The minimum atomic E-state index is -0.117. The highest BCUT2D eigenvalue weighted by Gasteiger charge is 2.28. The Kier molecular flexibility index (Phi) is 11.0. The summed E-state index contributed by atoms with van der Waals surface area (Å²) in [7, 11) is 3.40. The van der Waals surface area contributed by atoms with Crippen molar-refractivity contribution in [2.75, 3.05) is 40.5 Å². The average molecular weight is 505 g/mol. The summed E-state index contributed by atoms with van der Waals surface area (Å²) in [5, 5.41) is 3.38. The number of carbonyl (C=O) groups excluding carboxylic acids is 1. The highest BCUT2D eigenvalue weighted by Crippen LogP contribution is 2.28. The quantitative estimate of drug-likeness (QED) is 0.266. The molecule has 1 saturated heterocycles. The van der Waals surface area contributed by atoms with E-state index in [1.165, 1.54) is 0 Å². The van der Waals surface area contributed by atoms with Crippen LogP contribution in [0.4, 0.5) is 0 Å². The minimum absolute atomic E-state index is 0. The van der Waals surface area contributed by atoms with Gasteiger partial charge in [-0.1, -0.05) is 6.07 Å². The normalized spacial score (nSPS) is 16.8. The van der Waals surface area contributed by atoms with Gasteiger partial charge >= 0.3 is 5.97 Å². The van der Waals surface area contributed by atoms with E-state index in [0.717, 1.165) is 36.7 Å². The van der Waals surface area contributed by atoms with Crippen molar-refractivity contribution < 1.29 is 19.0 Å². The molecule has 1 atom stereocenters. The molecule has 8 heteroatoms. The Morgan fingerprint density at radius 1 is 1.29 bits per heavy atom. The molecule has 158 valence electrons. The van der Waals surface area contributed by atoms with Gasteiger partial charge in [-0.25, -0.2) is 0 Å². The first-order valence-electron chi connectivity index (χ1n) is 9.54. The maximum absolute atomic E-state index is 12.1. The number of likely N-dealkylation sites (tertiary alicyclic amines) is 1. The first kappa shape index (κ1) is 24.3. The number of ether oxygens (including phenoxy) is 3. The lowest BCUT2D eigenvalue weighted by Gasteiger charge is -2.34. The molecule has 0 saturated carbocycles. The van der Waals surface area contributed by atoms with Crippen molar-refractivity contribution in [3.05, 3.63) is 23.8 Å². The van der Waals surface area contributed by atoms with E-state index in [0.29, 0.717) is 32.1 Å². The van der Waals surface area contributed by atoms with Gasteiger partial charge < -0.3 is 24.4 Å². The van der Waals surface area contributed by atoms with E-state index < -0.39 is 0 Å². The molecule has 1 unspecified atom stereocenters. The third kappa shape index (κ3) is 6.72. The fraction of sp³-hybridized carbons (Fsp3) is 0.600. The second-order valence-electron chi connectivity index (χ2n) is 6.36. The molecule has 1 aliphatic heterocycles. The van der Waals surface area contributed by atoms with Gasteiger partial charge in [0.2, 0.25) is 0 Å². The Labute approximate surface area is 184 Å². The largest absolute Gasteiger partial charge is 0.493 e. The van der Waals surface area contributed by atoms with Gasteiger partial charge in [0.25, 0.3) is 0 Å². The minimum Gasteiger partial charge on any atom is -0.493 e. The van der Waals surface area contributed by atoms with Crippen molar-refractivity contribution in [3.63, 3.8) is 0 Å². The summed E-state index contributed by atoms with van der Waals surface area (Å²) < 4.78 is 16.1. The van der Waals surface area contributed by atoms with Crippen LogP contribution in [0, 0.1) is 5.92 Å². The van der Waals surface area contributed by atoms with Crippen LogP contribution >= 0.6 is 24.0 Å². The van der Waals surface area contributed by atoms with Crippen LogP contribution < -0.4 is 14.8 Å². The highest BCUT2D eigenvalue weighted by molar-refractivity contribution is 14.0. The third-order valence-corrected chi connectivity index (χ3v) is 4.53. The fourth-order valence-electron chi connectivity index (χ4n) is 3.23. The molecular weight excluding hydrogens is 473 g/mol. The van der Waals surface area contributed by atoms with E-state index in [1.807, 2.05) is 32.0 Å². The van der Waals surface area contributed by atoms with Crippen molar-refractivity contribution in [3.8, 4) is 11.5 Å². The number of nitrogens with zero attached hydrogens (tertiary/aromatic N) is 2. The van der Waals surface area contributed by atoms with Crippen LogP contribution in [0.15, 0.2) is 23.2 Å². The zero-order valence-electron chi connectivity index (χ0n) is 17.2. The van der Waals surface area contributed by atoms with Crippen LogP contribution in [-0.4, -0.2) is 57.3 Å². The summed E-state index contributed by atoms with van der Waals surface area (Å²) in [6, 6.07) is 5.88. The van der Waals surface area contributed by atoms with Gasteiger partial charge in [-0.15, -0.1) is 24.0 Å². The number of methoxy groups -OCH3 is 1. The van der Waals surface area contributed by atoms with Gasteiger partial charge in [0.1, 0.15) is 0 Å². The summed E-state index contributed by atoms with van der Waals surface area (Å²) in [5.41, 5.74) is 1.07. The van der Waals surface area contributed by atoms with Crippen LogP contribution in [-0.2, 0) is 16.1 Å². The van der Waals surface area contributed by atoms with Gasteiger partial charge in [-0.3, -0.25) is 9.79 Å². The fourth-order valence-corrected chi connectivity index (χ4v) is 3.23. The average Bonchev–Trinajstić information content (AvgIpc) is 2.70. The Morgan fingerprint density at radius 3 is 2.71 bits per heavy atom. The second-order valence-corrected chi connectivity index (χ2v) is 6.36. The molecule has 0 radical (unpaired) electrons. The van der Waals surface area contributed by atoms with Crippen LogP contribution in [0.2, 0.25) is 0 Å². The topological polar surface area (TPSA) is 72.4 Å². The number of piperidine rings is 1. The summed E-state index contributed by atoms with van der Waals surface area (Å²) in [5.74, 6) is 2.03. The lowest BCUT2D eigenvalue weighted by atomic mass is 9.98. The van der Waals surface area contributed by atoms with E-state index in [1.54, 1.807) is 14.2 Å². The Bertz CT molecular complexity index is 654. The lowest BCUT2D eigenvalue weighted by molar-refractivity contribution is -0.149. The molecule has 2 rings (SSSR count). The summed E-state index contributed by atoms with van der Waals surface area (Å²) in [6.45, 7) is 6.91. The second kappa shape index (κ2) is 12.7. The van der Waals surface area contributed by atoms with Crippen molar-refractivity contribution in [1.29, 1.82) is 0 Å². The Balaban J connectivity index is 0.00000392. The maximum Gasteiger partial charge on any atom is 0.310 e. The molecule has 1 aromatic rings. The van der Waals surface area contributed by atoms with E-state index in [9.17, 15) is 4.79 Å². The van der Waals surface area contributed by atoms with Crippen LogP contribution in [0.25, 0.3) is 0 Å². The number of carbonyl (C=O) groups is 1. The summed E-state index contributed by atoms with van der Waals surface area (Å²) in [6.07, 6.45) is 1.81. The van der Waals surface area contributed by atoms with Crippen LogP contribution in [0.3, 0.4) is 0 Å². The molecule has 1 aliphatic rings. The van der Waals surface area contributed by atoms with Gasteiger partial charge in [-0.2, -0.15) is 0 Å². The number of hydrogen-bond donors (Lipinski definition) is 1. The number of esters is 1. The van der Waals surface area contributed by atoms with E-state index in [2.05, 4.69) is 15.2 Å². The molecule has 1 N–H and O–H groups in total. The Morgan fingerprint density at radius 2 is 2.07 bits per heavy atom. The van der Waals surface area contributed by atoms with Crippen molar-refractivity contribution in [1.82, 2.24) is 10.2 Å². The smallest absolute Gasteiger partial charge is 0.310 e. The van der Waals surface area contributed by atoms with Gasteiger partial charge in [0.05, 0.1) is 26.2 Å². The summed E-state index contributed by atoms with van der Waals surface area (Å²) in [4.78, 5) is 18.6. The number of hydrogen-bond acceptors (Lipinski definition) is 5. The van der Waals surface area contributed by atoms with E-state index in [-0.39, 0.29) is 35.9 Å². The number of benzene rings is 1. The van der Waals surface area contributed by atoms with Gasteiger partial charge in [-0.05, 0) is 44.4 Å². The van der Waals surface area contributed by atoms with Crippen LogP contribution in [0.5, 0.6) is 11.5 Å². The van der Waals surface area contributed by atoms with E-state index >= 15 is 0 Å². The Hall–Kier alpha value is -1.71. The SMILES string of the molecule is CCOC(=O)C1CCCN(C(=NC)NCc2ccc(OCC)c(OC)c2)C1.I. The highest BCUT2D eigenvalue weighted by atomic mass is 127. The van der Waals surface area contributed by atoms with Crippen molar-refractivity contribution in [2.24, 2.45) is 10.9 Å². The number of rotatable bonds is 7. The zero-order valence-corrected chi connectivity index (χ0v) is 19.5. The molecule has 28 heavy (non-hydrogen) atoms. The predicted octanol–water partition coefficient (Wildman–Crippen LogP) is 3.06. The monoisotopic (exact) mass is 505 g/mol. The number of guanidine groups is 1. The first-order chi connectivity index (χ1) is 13.1. The van der Waals surface area contributed by atoms with E-state index in [4.69, 9.17) is 14.2 Å². The molecule has 1 fully saturated rings. The molecular formula is C20H32IN3O4. The first-order valence-corrected chi connectivity index (χ1v) is 9.54. The van der Waals surface area contributed by atoms with Crippen molar-refractivity contribution >= 4 is 35.9 Å². The molecule has 1 heterocycles. The zero-order chi connectivity index (χ0) is 19.6. The number of aliphatic imine (C=N–C) groups is 1. The summed E-state index contributed by atoms with van der Waals surface area (Å²) >= 11 is 0. The number of nitrogens with one attached hydrogen (secondary N) is 1. The molecule has 0 aromatic heterocycles. The molecule has 0 spiro atoms. The third-order valence-electron chi connectivity index (χ3n) is 4.53. The molecule has 7 nitrogen and oxygen atoms in total. The molecule has 0 amide bonds. The molecule has 0 bridgehead atoms. The van der Waals surface area contributed by atoms with Crippen LogP contribution in [0.1, 0.15) is 32.3 Å². The van der Waals surface area contributed by atoms with Gasteiger partial charge in [0, 0.05) is 26.7 Å². The standard InChI is InChI=1S/C20H31N3O4.HI/c1-5-26-17-10-9-15(12-18(17)25-4)13-22-20(21-3)23-11-7-8-16(14-23)19(24)27-6-2;/h9-10,12,16H,5-8,11,13-14H2,1-4H3,(H,21,22);1H. The lowest BCUT2D eigenvalue weighted by Crippen LogP contribution is -2.48. The maximum atomic E-state index is 12.1. The van der Waals surface area contributed by atoms with Gasteiger partial charge in [0.15, 0.2) is 17.5 Å². The van der Waals surface area contributed by atoms with Crippen molar-refractivity contribution in [2.45, 2.75) is 33.2 Å². The number of halogens is 1. The predicted molar refractivity (Wildman–Crippen MR) is 121 cm³/mol. The molecule has 1 aromatic carbocycles.